The number of carbonyl (C=O) groups excluding carboxylic acids is 1. The summed E-state index contributed by atoms with van der Waals surface area (Å²) in [6.45, 7) is 1.76. The maximum Gasteiger partial charge on any atom is 0.271 e. The number of anilines is 1. The second-order valence-electron chi connectivity index (χ2n) is 5.42. The maximum atomic E-state index is 12.3. The zero-order valence-corrected chi connectivity index (χ0v) is 14.3. The van der Waals surface area contributed by atoms with Crippen molar-refractivity contribution in [1.29, 1.82) is 0 Å². The predicted octanol–water partition coefficient (Wildman–Crippen LogP) is 3.29. The summed E-state index contributed by atoms with van der Waals surface area (Å²) in [4.78, 5) is 22.5. The molecule has 1 amide bonds. The number of carbonyl (C=O) groups is 1. The van der Waals surface area contributed by atoms with Crippen molar-refractivity contribution in [3.8, 4) is 0 Å². The van der Waals surface area contributed by atoms with Crippen molar-refractivity contribution >= 4 is 40.6 Å². The van der Waals surface area contributed by atoms with Crippen LogP contribution in [0.1, 0.15) is 25.8 Å². The van der Waals surface area contributed by atoms with Gasteiger partial charge in [0, 0.05) is 18.2 Å². The Hall–Kier alpha value is -2.13. The predicted molar refractivity (Wildman–Crippen MR) is 90.3 cm³/mol. The molecule has 0 saturated heterocycles. The van der Waals surface area contributed by atoms with Crippen molar-refractivity contribution in [2.24, 2.45) is 0 Å². The number of nitro groups is 1. The number of hydrogen-bond acceptors (Lipinski definition) is 6. The molecule has 1 saturated carbocycles. The lowest BCUT2D eigenvalue weighted by molar-refractivity contribution is -0.384. The van der Waals surface area contributed by atoms with Crippen LogP contribution in [0.2, 0.25) is 5.02 Å². The second-order valence-corrected chi connectivity index (χ2v) is 7.14. The largest absolute Gasteiger partial charge is 0.324 e. The highest BCUT2D eigenvalue weighted by Crippen LogP contribution is 2.38. The van der Waals surface area contributed by atoms with Crippen molar-refractivity contribution in [2.75, 3.05) is 5.32 Å². The summed E-state index contributed by atoms with van der Waals surface area (Å²) in [7, 11) is 0. The number of halogens is 1. The number of nitrogens with one attached hydrogen (secondary N) is 1. The molecule has 1 aliphatic carbocycles. The summed E-state index contributed by atoms with van der Waals surface area (Å²) < 4.78 is 1.98. The Kier molecular flexibility index (Phi) is 4.72. The molecule has 1 N–H and O–H groups in total. The van der Waals surface area contributed by atoms with Gasteiger partial charge >= 0.3 is 0 Å². The van der Waals surface area contributed by atoms with E-state index in [1.54, 1.807) is 13.3 Å². The van der Waals surface area contributed by atoms with E-state index in [1.165, 1.54) is 30.0 Å². The minimum atomic E-state index is -0.541. The molecule has 0 radical (unpaired) electrons. The highest BCUT2D eigenvalue weighted by Gasteiger charge is 2.28. The molecule has 1 unspecified atom stereocenters. The zero-order chi connectivity index (χ0) is 17.3. The summed E-state index contributed by atoms with van der Waals surface area (Å²) in [6.07, 6.45) is 3.88. The highest BCUT2D eigenvalue weighted by molar-refractivity contribution is 8.00. The van der Waals surface area contributed by atoms with Crippen LogP contribution in [-0.2, 0) is 4.79 Å². The highest BCUT2D eigenvalue weighted by atomic mass is 35.5. The summed E-state index contributed by atoms with van der Waals surface area (Å²) in [5.41, 5.74) is 0.210. The Morgan fingerprint density at radius 3 is 2.92 bits per heavy atom. The van der Waals surface area contributed by atoms with Gasteiger partial charge in [-0.05, 0) is 25.8 Å². The molecule has 0 aliphatic heterocycles. The fourth-order valence-electron chi connectivity index (χ4n) is 2.08. The Morgan fingerprint density at radius 1 is 1.54 bits per heavy atom. The van der Waals surface area contributed by atoms with Gasteiger partial charge in [-0.3, -0.25) is 14.9 Å². The Bertz CT molecular complexity index is 792. The fourth-order valence-corrected chi connectivity index (χ4v) is 3.20. The van der Waals surface area contributed by atoms with Crippen LogP contribution >= 0.6 is 23.4 Å². The third-order valence-corrected chi connectivity index (χ3v) is 4.94. The maximum absolute atomic E-state index is 12.3. The van der Waals surface area contributed by atoms with Crippen molar-refractivity contribution in [2.45, 2.75) is 36.2 Å². The molecule has 0 bridgehead atoms. The topological polar surface area (TPSA) is 103 Å². The van der Waals surface area contributed by atoms with Crippen LogP contribution < -0.4 is 5.32 Å². The first kappa shape index (κ1) is 16.7. The summed E-state index contributed by atoms with van der Waals surface area (Å²) in [5.74, 6) is -0.263. The van der Waals surface area contributed by atoms with Crippen molar-refractivity contribution in [3.63, 3.8) is 0 Å². The molecule has 1 heterocycles. The van der Waals surface area contributed by atoms with Gasteiger partial charge in [0.25, 0.3) is 5.69 Å². The van der Waals surface area contributed by atoms with Gasteiger partial charge in [-0.2, -0.15) is 0 Å². The lowest BCUT2D eigenvalue weighted by Gasteiger charge is -2.13. The van der Waals surface area contributed by atoms with Gasteiger partial charge in [-0.25, -0.2) is 0 Å². The number of rotatable bonds is 6. The lowest BCUT2D eigenvalue weighted by Crippen LogP contribution is -2.23. The molecule has 1 atom stereocenters. The first-order valence-corrected chi connectivity index (χ1v) is 8.52. The van der Waals surface area contributed by atoms with E-state index in [0.29, 0.717) is 16.9 Å². The van der Waals surface area contributed by atoms with E-state index in [2.05, 4.69) is 15.5 Å². The van der Waals surface area contributed by atoms with Crippen LogP contribution in [0.15, 0.2) is 29.7 Å². The van der Waals surface area contributed by atoms with Crippen molar-refractivity contribution in [1.82, 2.24) is 14.8 Å². The Morgan fingerprint density at radius 2 is 2.29 bits per heavy atom. The molecule has 1 aromatic heterocycles. The zero-order valence-electron chi connectivity index (χ0n) is 12.7. The van der Waals surface area contributed by atoms with E-state index in [1.807, 2.05) is 4.57 Å². The van der Waals surface area contributed by atoms with Gasteiger partial charge in [0.05, 0.1) is 20.9 Å². The molecular formula is C14H14ClN5O3S. The molecule has 24 heavy (non-hydrogen) atoms. The summed E-state index contributed by atoms with van der Waals surface area (Å²) >= 11 is 7.30. The van der Waals surface area contributed by atoms with Crippen LogP contribution in [0.5, 0.6) is 0 Å². The molecule has 0 spiro atoms. The SMILES string of the molecule is CC(Sc1nncn1C1CC1)C(=O)Nc1ccc([N+](=O)[O-])cc1Cl. The van der Waals surface area contributed by atoms with Gasteiger partial charge in [0.1, 0.15) is 6.33 Å². The molecule has 126 valence electrons. The minimum absolute atomic E-state index is 0.121. The minimum Gasteiger partial charge on any atom is -0.324 e. The quantitative estimate of drug-likeness (QED) is 0.477. The van der Waals surface area contributed by atoms with Gasteiger partial charge in [-0.1, -0.05) is 23.4 Å². The van der Waals surface area contributed by atoms with Crippen molar-refractivity contribution in [3.05, 3.63) is 39.7 Å². The van der Waals surface area contributed by atoms with E-state index >= 15 is 0 Å². The number of non-ortho nitro benzene ring substituents is 1. The Balaban J connectivity index is 1.65. The monoisotopic (exact) mass is 367 g/mol. The van der Waals surface area contributed by atoms with Gasteiger partial charge < -0.3 is 9.88 Å². The Labute approximate surface area is 146 Å². The fraction of sp³-hybridized carbons (Fsp3) is 0.357. The summed E-state index contributed by atoms with van der Waals surface area (Å²) in [5, 5.41) is 21.7. The number of benzene rings is 1. The van der Waals surface area contributed by atoms with E-state index < -0.39 is 10.2 Å². The lowest BCUT2D eigenvalue weighted by atomic mass is 10.2. The molecule has 1 aromatic carbocycles. The van der Waals surface area contributed by atoms with Gasteiger partial charge in [0.15, 0.2) is 5.16 Å². The van der Waals surface area contributed by atoms with E-state index in [-0.39, 0.29) is 16.6 Å². The van der Waals surface area contributed by atoms with Crippen LogP contribution in [-0.4, -0.2) is 30.8 Å². The number of aromatic nitrogens is 3. The molecule has 3 rings (SSSR count). The molecule has 10 heteroatoms. The van der Waals surface area contributed by atoms with Crippen LogP contribution in [0.25, 0.3) is 0 Å². The first-order valence-electron chi connectivity index (χ1n) is 7.26. The normalized spacial score (nSPS) is 15.1. The third-order valence-electron chi connectivity index (χ3n) is 3.55. The smallest absolute Gasteiger partial charge is 0.271 e. The average molecular weight is 368 g/mol. The number of amides is 1. The molecule has 8 nitrogen and oxygen atoms in total. The summed E-state index contributed by atoms with van der Waals surface area (Å²) in [6, 6.07) is 4.35. The third kappa shape index (κ3) is 3.68. The molecule has 1 fully saturated rings. The van der Waals surface area contributed by atoms with Crippen LogP contribution in [0.3, 0.4) is 0 Å². The number of hydrogen-bond donors (Lipinski definition) is 1. The number of nitro benzene ring substituents is 1. The van der Waals surface area contributed by atoms with Crippen LogP contribution in [0.4, 0.5) is 11.4 Å². The van der Waals surface area contributed by atoms with Crippen LogP contribution in [0, 0.1) is 10.1 Å². The van der Waals surface area contributed by atoms with E-state index in [0.717, 1.165) is 12.8 Å². The van der Waals surface area contributed by atoms with Gasteiger partial charge in [-0.15, -0.1) is 10.2 Å². The van der Waals surface area contributed by atoms with E-state index in [9.17, 15) is 14.9 Å². The molecule has 1 aliphatic rings. The standard InChI is InChI=1S/C14H14ClN5O3S/c1-8(24-14-18-16-7-19(14)9-2-3-9)13(21)17-12-5-4-10(20(22)23)6-11(12)15/h4-9H,2-3H2,1H3,(H,17,21). The first-order chi connectivity index (χ1) is 11.5. The van der Waals surface area contributed by atoms with E-state index in [4.69, 9.17) is 11.6 Å². The number of thioether (sulfide) groups is 1. The van der Waals surface area contributed by atoms with Crippen molar-refractivity contribution < 1.29 is 9.72 Å². The average Bonchev–Trinajstić information content (AvgIpc) is 3.28. The number of nitrogens with zero attached hydrogens (tertiary/aromatic N) is 4. The molecular weight excluding hydrogens is 354 g/mol. The second kappa shape index (κ2) is 6.78. The van der Waals surface area contributed by atoms with Gasteiger partial charge in [0.2, 0.25) is 5.91 Å². The molecule has 2 aromatic rings.